The summed E-state index contributed by atoms with van der Waals surface area (Å²) in [5.41, 5.74) is 3.34. The van der Waals surface area contributed by atoms with Crippen LogP contribution in [-0.4, -0.2) is 12.5 Å². The molecule has 1 atom stereocenters. The molecule has 1 aromatic carbocycles. The van der Waals surface area contributed by atoms with Gasteiger partial charge in [0.2, 0.25) is 0 Å². The molecule has 1 saturated carbocycles. The lowest BCUT2D eigenvalue weighted by atomic mass is 9.89. The zero-order chi connectivity index (χ0) is 13.9. The first kappa shape index (κ1) is 14.1. The van der Waals surface area contributed by atoms with Gasteiger partial charge < -0.3 is 5.32 Å². The molecule has 20 heavy (non-hydrogen) atoms. The second-order valence-electron chi connectivity index (χ2n) is 6.08. The topological polar surface area (TPSA) is 29.1 Å². The van der Waals surface area contributed by atoms with E-state index in [4.69, 9.17) is 0 Å². The van der Waals surface area contributed by atoms with Crippen LogP contribution in [0.4, 0.5) is 0 Å². The fourth-order valence-electron chi connectivity index (χ4n) is 3.48. The molecule has 0 saturated heterocycles. The third-order valence-corrected chi connectivity index (χ3v) is 5.97. The number of benzene rings is 1. The highest BCUT2D eigenvalue weighted by atomic mass is 79.9. The lowest BCUT2D eigenvalue weighted by molar-refractivity contribution is 0.0946. The Balaban J connectivity index is 1.82. The zero-order valence-corrected chi connectivity index (χ0v) is 13.4. The fraction of sp³-hybridized carbons (Fsp3) is 0.588. The molecular weight excluding hydrogens is 314 g/mol. The van der Waals surface area contributed by atoms with Crippen LogP contribution in [0.25, 0.3) is 0 Å². The Morgan fingerprint density at radius 2 is 1.90 bits per heavy atom. The highest BCUT2D eigenvalue weighted by molar-refractivity contribution is 9.09. The van der Waals surface area contributed by atoms with E-state index >= 15 is 0 Å². The Labute approximate surface area is 129 Å². The van der Waals surface area contributed by atoms with Crippen LogP contribution in [0.5, 0.6) is 0 Å². The number of alkyl halides is 1. The molecule has 1 aliphatic heterocycles. The summed E-state index contributed by atoms with van der Waals surface area (Å²) in [6.07, 6.45) is 9.01. The second-order valence-corrected chi connectivity index (χ2v) is 7.06. The molecule has 0 bridgehead atoms. The molecule has 2 aliphatic rings. The Morgan fingerprint density at radius 3 is 2.65 bits per heavy atom. The van der Waals surface area contributed by atoms with E-state index in [0.29, 0.717) is 10.7 Å². The van der Waals surface area contributed by atoms with Crippen molar-refractivity contribution in [3.8, 4) is 0 Å². The molecule has 1 amide bonds. The number of rotatable bonds is 2. The van der Waals surface area contributed by atoms with Crippen LogP contribution in [0.1, 0.15) is 64.8 Å². The van der Waals surface area contributed by atoms with E-state index in [-0.39, 0.29) is 5.91 Å². The monoisotopic (exact) mass is 335 g/mol. The summed E-state index contributed by atoms with van der Waals surface area (Å²) in [6, 6.07) is 6.46. The third-order valence-electron chi connectivity index (χ3n) is 4.69. The van der Waals surface area contributed by atoms with E-state index in [1.54, 1.807) is 0 Å². The molecule has 0 aromatic heterocycles. The Hall–Kier alpha value is -0.830. The summed E-state index contributed by atoms with van der Waals surface area (Å²) in [5.74, 6) is 0.802. The molecular formula is C17H22BrNO. The van der Waals surface area contributed by atoms with E-state index in [2.05, 4.69) is 39.4 Å². The van der Waals surface area contributed by atoms with Crippen molar-refractivity contribution in [1.82, 2.24) is 5.32 Å². The molecule has 1 heterocycles. The minimum atomic E-state index is 0.0914. The minimum Gasteiger partial charge on any atom is -0.352 e. The van der Waals surface area contributed by atoms with Gasteiger partial charge in [-0.3, -0.25) is 4.79 Å². The fourth-order valence-corrected chi connectivity index (χ4v) is 4.29. The number of halogens is 1. The van der Waals surface area contributed by atoms with Crippen molar-refractivity contribution in [3.63, 3.8) is 0 Å². The van der Waals surface area contributed by atoms with Crippen LogP contribution in [0, 0.1) is 5.92 Å². The summed E-state index contributed by atoms with van der Waals surface area (Å²) in [5, 5.41) is 2.94. The average Bonchev–Trinajstić information content (AvgIpc) is 2.76. The lowest BCUT2D eigenvalue weighted by Gasteiger charge is -2.23. The first-order chi connectivity index (χ1) is 9.75. The second kappa shape index (κ2) is 6.30. The number of carbonyl (C=O) groups is 1. The number of fused-ring (bicyclic) bond motifs is 1. The van der Waals surface area contributed by atoms with Gasteiger partial charge in [-0.2, -0.15) is 0 Å². The number of nitrogens with one attached hydrogen (secondary N) is 1. The maximum Gasteiger partial charge on any atom is 0.251 e. The Bertz CT molecular complexity index is 492. The normalized spacial score (nSPS) is 21.8. The highest BCUT2D eigenvalue weighted by Gasteiger charge is 2.24. The van der Waals surface area contributed by atoms with Crippen LogP contribution >= 0.6 is 15.9 Å². The molecule has 1 fully saturated rings. The smallest absolute Gasteiger partial charge is 0.251 e. The number of hydrogen-bond donors (Lipinski definition) is 1. The van der Waals surface area contributed by atoms with Gasteiger partial charge in [0.05, 0.1) is 0 Å². The van der Waals surface area contributed by atoms with Crippen molar-refractivity contribution >= 4 is 21.8 Å². The molecule has 1 aromatic rings. The van der Waals surface area contributed by atoms with Gasteiger partial charge in [0.15, 0.2) is 0 Å². The third kappa shape index (κ3) is 2.93. The van der Waals surface area contributed by atoms with Gasteiger partial charge in [0.1, 0.15) is 0 Å². The molecule has 0 radical (unpaired) electrons. The van der Waals surface area contributed by atoms with E-state index in [1.807, 2.05) is 0 Å². The number of carbonyl (C=O) groups excluding carboxylic acids is 1. The van der Waals surface area contributed by atoms with Gasteiger partial charge in [0, 0.05) is 16.9 Å². The quantitative estimate of drug-likeness (QED) is 0.630. The summed E-state index contributed by atoms with van der Waals surface area (Å²) < 4.78 is 0. The van der Waals surface area contributed by atoms with Crippen molar-refractivity contribution in [2.24, 2.45) is 5.92 Å². The van der Waals surface area contributed by atoms with Crippen molar-refractivity contribution in [1.29, 1.82) is 0 Å². The van der Waals surface area contributed by atoms with Gasteiger partial charge in [-0.25, -0.2) is 0 Å². The lowest BCUT2D eigenvalue weighted by Crippen LogP contribution is -2.31. The molecule has 0 spiro atoms. The van der Waals surface area contributed by atoms with Crippen molar-refractivity contribution in [2.45, 2.75) is 49.8 Å². The maximum absolute atomic E-state index is 12.0. The van der Waals surface area contributed by atoms with Gasteiger partial charge in [-0.1, -0.05) is 53.7 Å². The molecule has 3 heteroatoms. The molecule has 108 valence electrons. The summed E-state index contributed by atoms with van der Waals surface area (Å²) in [6.45, 7) is 0.769. The van der Waals surface area contributed by atoms with Crippen LogP contribution in [0.15, 0.2) is 18.2 Å². The van der Waals surface area contributed by atoms with Gasteiger partial charge in [-0.15, -0.1) is 0 Å². The molecule has 1 aliphatic carbocycles. The summed E-state index contributed by atoms with van der Waals surface area (Å²) >= 11 is 3.90. The number of hydrogen-bond acceptors (Lipinski definition) is 1. The standard InChI is InChI=1S/C17H22BrNO/c18-16(13-5-3-1-2-4-6-13)14-8-7-12-9-10-19-17(20)15(12)11-14/h7-8,11,13,16H,1-6,9-10H2,(H,19,20). The Kier molecular flexibility index (Phi) is 4.45. The van der Waals surface area contributed by atoms with E-state index in [0.717, 1.165) is 18.5 Å². The van der Waals surface area contributed by atoms with Crippen LogP contribution in [0.3, 0.4) is 0 Å². The maximum atomic E-state index is 12.0. The Morgan fingerprint density at radius 1 is 1.15 bits per heavy atom. The average molecular weight is 336 g/mol. The zero-order valence-electron chi connectivity index (χ0n) is 11.8. The predicted octanol–water partition coefficient (Wildman–Crippen LogP) is 4.38. The van der Waals surface area contributed by atoms with Crippen LogP contribution in [0.2, 0.25) is 0 Å². The van der Waals surface area contributed by atoms with Crippen LogP contribution < -0.4 is 5.32 Å². The van der Waals surface area contributed by atoms with Crippen molar-refractivity contribution in [3.05, 3.63) is 34.9 Å². The first-order valence-electron chi connectivity index (χ1n) is 7.81. The summed E-state index contributed by atoms with van der Waals surface area (Å²) in [4.78, 5) is 12.4. The van der Waals surface area contributed by atoms with Gasteiger partial charge in [-0.05, 0) is 42.4 Å². The van der Waals surface area contributed by atoms with Gasteiger partial charge in [0.25, 0.3) is 5.91 Å². The van der Waals surface area contributed by atoms with Crippen LogP contribution in [-0.2, 0) is 6.42 Å². The first-order valence-corrected chi connectivity index (χ1v) is 8.72. The van der Waals surface area contributed by atoms with Crippen molar-refractivity contribution in [2.75, 3.05) is 6.54 Å². The predicted molar refractivity (Wildman–Crippen MR) is 85.3 cm³/mol. The van der Waals surface area contributed by atoms with E-state index in [1.165, 1.54) is 49.7 Å². The SMILES string of the molecule is O=C1NCCc2ccc(C(Br)C3CCCCCC3)cc21. The van der Waals surface area contributed by atoms with E-state index < -0.39 is 0 Å². The molecule has 3 rings (SSSR count). The highest BCUT2D eigenvalue weighted by Crippen LogP contribution is 2.39. The molecule has 2 nitrogen and oxygen atoms in total. The number of amides is 1. The minimum absolute atomic E-state index is 0.0914. The largest absolute Gasteiger partial charge is 0.352 e. The molecule has 1 N–H and O–H groups in total. The van der Waals surface area contributed by atoms with Crippen molar-refractivity contribution < 1.29 is 4.79 Å². The van der Waals surface area contributed by atoms with Gasteiger partial charge >= 0.3 is 0 Å². The summed E-state index contributed by atoms with van der Waals surface area (Å²) in [7, 11) is 0. The molecule has 1 unspecified atom stereocenters. The van der Waals surface area contributed by atoms with E-state index in [9.17, 15) is 4.79 Å².